The van der Waals surface area contributed by atoms with Gasteiger partial charge in [-0.1, -0.05) is 97.1 Å². The van der Waals surface area contributed by atoms with E-state index >= 15 is 0 Å². The molecule has 0 aromatic heterocycles. The number of rotatable bonds is 0. The zero-order chi connectivity index (χ0) is 19.7. The first kappa shape index (κ1) is 16.0. The van der Waals surface area contributed by atoms with Gasteiger partial charge in [-0.15, -0.1) is 0 Å². The largest absolute Gasteiger partial charge is 0.0616 e. The van der Waals surface area contributed by atoms with Crippen molar-refractivity contribution in [3.8, 4) is 0 Å². The van der Waals surface area contributed by atoms with Crippen LogP contribution in [-0.4, -0.2) is 0 Å². The Morgan fingerprint density at radius 3 is 1.43 bits per heavy atom. The molecule has 138 valence electrons. The Bertz CT molecular complexity index is 1780. The molecule has 0 aliphatic rings. The Labute approximate surface area is 174 Å². The van der Waals surface area contributed by atoms with E-state index in [0.717, 1.165) is 0 Å². The summed E-state index contributed by atoms with van der Waals surface area (Å²) in [5.74, 6) is 0. The molecular weight excluding hydrogens is 360 g/mol. The maximum atomic E-state index is 2.37. The highest BCUT2D eigenvalue weighted by molar-refractivity contribution is 6.32. The minimum Gasteiger partial charge on any atom is -0.0616 e. The third-order valence-electron chi connectivity index (χ3n) is 6.55. The van der Waals surface area contributed by atoms with Gasteiger partial charge in [0.1, 0.15) is 0 Å². The van der Waals surface area contributed by atoms with Crippen LogP contribution in [0.15, 0.2) is 109 Å². The van der Waals surface area contributed by atoms with Crippen molar-refractivity contribution >= 4 is 64.6 Å². The average Bonchev–Trinajstić information content (AvgIpc) is 2.81. The van der Waals surface area contributed by atoms with Crippen LogP contribution in [0.3, 0.4) is 0 Å². The van der Waals surface area contributed by atoms with E-state index < -0.39 is 0 Å². The van der Waals surface area contributed by atoms with E-state index in [2.05, 4.69) is 109 Å². The van der Waals surface area contributed by atoms with Crippen LogP contribution in [0, 0.1) is 0 Å². The minimum absolute atomic E-state index is 1.29. The zero-order valence-corrected chi connectivity index (χ0v) is 16.4. The van der Waals surface area contributed by atoms with Crippen LogP contribution < -0.4 is 0 Å². The van der Waals surface area contributed by atoms with Gasteiger partial charge >= 0.3 is 0 Å². The van der Waals surface area contributed by atoms with Crippen molar-refractivity contribution in [1.29, 1.82) is 0 Å². The van der Waals surface area contributed by atoms with E-state index in [0.29, 0.717) is 0 Å². The molecule has 0 amide bonds. The van der Waals surface area contributed by atoms with Crippen LogP contribution in [0.4, 0.5) is 0 Å². The van der Waals surface area contributed by atoms with Crippen LogP contribution in [0.5, 0.6) is 0 Å². The summed E-state index contributed by atoms with van der Waals surface area (Å²) in [6, 6.07) is 40.2. The second kappa shape index (κ2) is 5.81. The zero-order valence-electron chi connectivity index (χ0n) is 16.4. The summed E-state index contributed by atoms with van der Waals surface area (Å²) in [6.45, 7) is 0. The molecule has 0 heterocycles. The summed E-state index contributed by atoms with van der Waals surface area (Å²) in [5, 5.41) is 15.8. The van der Waals surface area contributed by atoms with Crippen LogP contribution >= 0.6 is 0 Å². The second-order valence-corrected chi connectivity index (χ2v) is 8.20. The topological polar surface area (TPSA) is 0 Å². The SMILES string of the molecule is c1ccc2cc3c(ccc4ccc5ccc6ccc7ccccc7c6c5c43)cc2c1. The van der Waals surface area contributed by atoms with Gasteiger partial charge < -0.3 is 0 Å². The summed E-state index contributed by atoms with van der Waals surface area (Å²) >= 11 is 0. The van der Waals surface area contributed by atoms with Crippen molar-refractivity contribution in [2.24, 2.45) is 0 Å². The first-order valence-corrected chi connectivity index (χ1v) is 10.5. The number of hydrogen-bond donors (Lipinski definition) is 0. The van der Waals surface area contributed by atoms with E-state index in [1.807, 2.05) is 0 Å². The van der Waals surface area contributed by atoms with Gasteiger partial charge in [0.15, 0.2) is 0 Å². The molecule has 0 aliphatic carbocycles. The summed E-state index contributed by atoms with van der Waals surface area (Å²) in [5.41, 5.74) is 0. The van der Waals surface area contributed by atoms with Crippen molar-refractivity contribution in [3.63, 3.8) is 0 Å². The number of fused-ring (bicyclic) bond motifs is 10. The molecule has 7 aromatic rings. The molecule has 0 spiro atoms. The first-order chi connectivity index (χ1) is 14.9. The predicted molar refractivity (Wildman–Crippen MR) is 131 cm³/mol. The molecule has 0 unspecified atom stereocenters. The van der Waals surface area contributed by atoms with E-state index in [9.17, 15) is 0 Å². The molecule has 30 heavy (non-hydrogen) atoms. The summed E-state index contributed by atoms with van der Waals surface area (Å²) in [7, 11) is 0. The average molecular weight is 378 g/mol. The van der Waals surface area contributed by atoms with Crippen LogP contribution in [-0.2, 0) is 0 Å². The second-order valence-electron chi connectivity index (χ2n) is 8.20. The van der Waals surface area contributed by atoms with Gasteiger partial charge in [0.25, 0.3) is 0 Å². The van der Waals surface area contributed by atoms with Gasteiger partial charge in [-0.2, -0.15) is 0 Å². The molecule has 0 heteroatoms. The number of benzene rings is 7. The highest BCUT2D eigenvalue weighted by atomic mass is 14.1. The van der Waals surface area contributed by atoms with Crippen molar-refractivity contribution in [2.75, 3.05) is 0 Å². The Balaban J connectivity index is 1.83. The molecule has 0 nitrogen and oxygen atoms in total. The van der Waals surface area contributed by atoms with Crippen LogP contribution in [0.1, 0.15) is 0 Å². The van der Waals surface area contributed by atoms with E-state index in [4.69, 9.17) is 0 Å². The lowest BCUT2D eigenvalue weighted by molar-refractivity contribution is 1.78. The lowest BCUT2D eigenvalue weighted by Crippen LogP contribution is -1.86. The normalized spacial score (nSPS) is 12.0. The fraction of sp³-hybridized carbons (Fsp3) is 0. The van der Waals surface area contributed by atoms with Crippen molar-refractivity contribution in [2.45, 2.75) is 0 Å². The molecule has 0 aliphatic heterocycles. The molecular formula is C30H18. The van der Waals surface area contributed by atoms with E-state index in [-0.39, 0.29) is 0 Å². The summed E-state index contributed by atoms with van der Waals surface area (Å²) in [4.78, 5) is 0. The molecule has 0 bridgehead atoms. The Kier molecular flexibility index (Phi) is 3.09. The lowest BCUT2D eigenvalue weighted by atomic mass is 9.90. The van der Waals surface area contributed by atoms with E-state index in [1.54, 1.807) is 0 Å². The molecule has 0 fully saturated rings. The van der Waals surface area contributed by atoms with E-state index in [1.165, 1.54) is 64.6 Å². The van der Waals surface area contributed by atoms with Gasteiger partial charge in [-0.25, -0.2) is 0 Å². The Morgan fingerprint density at radius 1 is 0.267 bits per heavy atom. The predicted octanol–water partition coefficient (Wildman–Crippen LogP) is 8.61. The molecule has 7 rings (SSSR count). The lowest BCUT2D eigenvalue weighted by Gasteiger charge is -2.13. The maximum Gasteiger partial charge on any atom is -0.00143 e. The third-order valence-corrected chi connectivity index (χ3v) is 6.55. The first-order valence-electron chi connectivity index (χ1n) is 10.5. The van der Waals surface area contributed by atoms with Crippen LogP contribution in [0.25, 0.3) is 64.6 Å². The van der Waals surface area contributed by atoms with Crippen molar-refractivity contribution < 1.29 is 0 Å². The maximum absolute atomic E-state index is 2.37. The smallest absolute Gasteiger partial charge is 0.00143 e. The monoisotopic (exact) mass is 378 g/mol. The minimum atomic E-state index is 1.29. The fourth-order valence-corrected chi connectivity index (χ4v) is 5.15. The van der Waals surface area contributed by atoms with Crippen molar-refractivity contribution in [1.82, 2.24) is 0 Å². The van der Waals surface area contributed by atoms with Gasteiger partial charge in [0, 0.05) is 0 Å². The highest BCUT2D eigenvalue weighted by Gasteiger charge is 2.11. The van der Waals surface area contributed by atoms with Crippen LogP contribution in [0.2, 0.25) is 0 Å². The molecule has 0 atom stereocenters. The highest BCUT2D eigenvalue weighted by Crippen LogP contribution is 2.40. The Hall–Kier alpha value is -3.90. The van der Waals surface area contributed by atoms with Gasteiger partial charge in [-0.05, 0) is 76.8 Å². The molecule has 0 saturated carbocycles. The fourth-order valence-electron chi connectivity index (χ4n) is 5.15. The van der Waals surface area contributed by atoms with Crippen molar-refractivity contribution in [3.05, 3.63) is 109 Å². The van der Waals surface area contributed by atoms with Gasteiger partial charge in [0.2, 0.25) is 0 Å². The van der Waals surface area contributed by atoms with Gasteiger partial charge in [0.05, 0.1) is 0 Å². The summed E-state index contributed by atoms with van der Waals surface area (Å²) in [6.07, 6.45) is 0. The molecule has 0 N–H and O–H groups in total. The molecule has 0 radical (unpaired) electrons. The Morgan fingerprint density at radius 2 is 0.733 bits per heavy atom. The molecule has 0 saturated heterocycles. The molecule has 7 aromatic carbocycles. The summed E-state index contributed by atoms with van der Waals surface area (Å²) < 4.78 is 0. The quantitative estimate of drug-likeness (QED) is 0.183. The third kappa shape index (κ3) is 2.11. The number of hydrogen-bond acceptors (Lipinski definition) is 0. The van der Waals surface area contributed by atoms with Gasteiger partial charge in [-0.3, -0.25) is 0 Å². The standard InChI is InChI=1S/C30H18/c1-2-7-24-18-27-25(17-23(24)6-1)16-15-21-12-14-22-13-11-20-10-9-19-5-3-4-8-26(19)28(20)30(22)29(21)27/h1-18H.